The number of ether oxygens (including phenoxy) is 1. The fourth-order valence-corrected chi connectivity index (χ4v) is 3.43. The van der Waals surface area contributed by atoms with Gasteiger partial charge in [-0.1, -0.05) is 51.5 Å². The summed E-state index contributed by atoms with van der Waals surface area (Å²) in [6.45, 7) is 16.8. The van der Waals surface area contributed by atoms with Crippen molar-refractivity contribution in [2.45, 2.75) is 79.0 Å². The largest absolute Gasteiger partial charge is 0.507 e. The minimum absolute atomic E-state index is 0.0390. The summed E-state index contributed by atoms with van der Waals surface area (Å²) in [5, 5.41) is 16.3. The number of amides is 3. The van der Waals surface area contributed by atoms with Crippen LogP contribution in [0.15, 0.2) is 30.9 Å². The maximum atomic E-state index is 13.8. The summed E-state index contributed by atoms with van der Waals surface area (Å²) in [6.07, 6.45) is 2.47. The Morgan fingerprint density at radius 2 is 1.88 bits per heavy atom. The van der Waals surface area contributed by atoms with Crippen LogP contribution in [0.25, 0.3) is 0 Å². The minimum atomic E-state index is -1.11. The Hall–Kier alpha value is -3.03. The van der Waals surface area contributed by atoms with Crippen LogP contribution < -0.4 is 10.6 Å². The second kappa shape index (κ2) is 13.0. The predicted octanol–water partition coefficient (Wildman–Crippen LogP) is 4.22. The first-order valence-corrected chi connectivity index (χ1v) is 11.8. The summed E-state index contributed by atoms with van der Waals surface area (Å²) >= 11 is 0. The lowest BCUT2D eigenvalue weighted by molar-refractivity contribution is -0.142. The van der Waals surface area contributed by atoms with Crippen LogP contribution in [0.4, 0.5) is 4.79 Å². The van der Waals surface area contributed by atoms with Crippen molar-refractivity contribution < 1.29 is 24.2 Å². The number of carbonyl (C=O) groups excluding carboxylic acids is 3. The molecule has 0 aliphatic rings. The normalized spacial score (nSPS) is 13.1. The summed E-state index contributed by atoms with van der Waals surface area (Å²) < 4.78 is 5.34. The monoisotopic (exact) mass is 475 g/mol. The van der Waals surface area contributed by atoms with Gasteiger partial charge in [-0.3, -0.25) is 9.59 Å². The molecule has 0 aromatic heterocycles. The quantitative estimate of drug-likeness (QED) is 0.328. The van der Waals surface area contributed by atoms with Gasteiger partial charge in [-0.05, 0) is 45.6 Å². The van der Waals surface area contributed by atoms with Gasteiger partial charge in [-0.15, -0.1) is 6.58 Å². The number of hydrogen-bond acceptors (Lipinski definition) is 5. The van der Waals surface area contributed by atoms with E-state index >= 15 is 0 Å². The van der Waals surface area contributed by atoms with E-state index in [0.717, 1.165) is 12.8 Å². The van der Waals surface area contributed by atoms with E-state index < -0.39 is 35.6 Å². The third kappa shape index (κ3) is 8.39. The topological polar surface area (TPSA) is 108 Å². The van der Waals surface area contributed by atoms with Crippen molar-refractivity contribution in [3.8, 4) is 5.75 Å². The van der Waals surface area contributed by atoms with Crippen LogP contribution in [-0.2, 0) is 14.3 Å². The molecule has 1 aromatic rings. The number of phenols is 1. The first-order chi connectivity index (χ1) is 15.8. The van der Waals surface area contributed by atoms with Crippen molar-refractivity contribution in [2.24, 2.45) is 5.92 Å². The summed E-state index contributed by atoms with van der Waals surface area (Å²) in [6, 6.07) is 3.02. The van der Waals surface area contributed by atoms with Gasteiger partial charge < -0.3 is 25.4 Å². The van der Waals surface area contributed by atoms with Crippen molar-refractivity contribution in [1.82, 2.24) is 15.5 Å². The van der Waals surface area contributed by atoms with E-state index in [9.17, 15) is 19.5 Å². The highest BCUT2D eigenvalue weighted by atomic mass is 16.6. The van der Waals surface area contributed by atoms with Crippen LogP contribution in [0, 0.1) is 12.8 Å². The number of alkyl carbamates (subject to hydrolysis) is 1. The van der Waals surface area contributed by atoms with E-state index in [1.165, 1.54) is 11.0 Å². The number of nitrogens with one attached hydrogen (secondary N) is 2. The molecular formula is C26H41N3O5. The second-order valence-electron chi connectivity index (χ2n) is 9.71. The van der Waals surface area contributed by atoms with E-state index in [-0.39, 0.29) is 18.2 Å². The minimum Gasteiger partial charge on any atom is -0.507 e. The summed E-state index contributed by atoms with van der Waals surface area (Å²) in [7, 11) is 0. The lowest BCUT2D eigenvalue weighted by Crippen LogP contribution is -2.55. The number of unbranched alkanes of at least 4 members (excludes halogenated alkanes) is 1. The highest BCUT2D eigenvalue weighted by Gasteiger charge is 2.38. The molecule has 0 radical (unpaired) electrons. The number of aromatic hydroxyl groups is 1. The zero-order valence-corrected chi connectivity index (χ0v) is 21.6. The predicted molar refractivity (Wildman–Crippen MR) is 133 cm³/mol. The van der Waals surface area contributed by atoms with Gasteiger partial charge >= 0.3 is 6.09 Å². The van der Waals surface area contributed by atoms with Crippen LogP contribution in [0.1, 0.15) is 71.6 Å². The van der Waals surface area contributed by atoms with Gasteiger partial charge in [0.25, 0.3) is 0 Å². The molecule has 8 heteroatoms. The fourth-order valence-electron chi connectivity index (χ4n) is 3.43. The van der Waals surface area contributed by atoms with E-state index in [4.69, 9.17) is 4.74 Å². The van der Waals surface area contributed by atoms with E-state index in [2.05, 4.69) is 17.2 Å². The maximum absolute atomic E-state index is 13.8. The first kappa shape index (κ1) is 29.0. The molecule has 0 fully saturated rings. The number of para-hydroxylation sites is 1. The molecule has 2 unspecified atom stereocenters. The molecule has 3 N–H and O–H groups in total. The van der Waals surface area contributed by atoms with Crippen LogP contribution in [0.2, 0.25) is 0 Å². The fraction of sp³-hybridized carbons (Fsp3) is 0.577. The molecule has 1 rings (SSSR count). The number of rotatable bonds is 11. The van der Waals surface area contributed by atoms with Crippen molar-refractivity contribution in [1.29, 1.82) is 0 Å². The van der Waals surface area contributed by atoms with Gasteiger partial charge in [0, 0.05) is 18.7 Å². The van der Waals surface area contributed by atoms with Crippen molar-refractivity contribution >= 4 is 17.9 Å². The van der Waals surface area contributed by atoms with Crippen LogP contribution in [-0.4, -0.2) is 52.6 Å². The number of hydrogen-bond donors (Lipinski definition) is 3. The Balaban J connectivity index is 3.45. The van der Waals surface area contributed by atoms with E-state index in [1.807, 2.05) is 6.92 Å². The molecule has 0 bridgehead atoms. The highest BCUT2D eigenvalue weighted by molar-refractivity contribution is 5.92. The average molecular weight is 476 g/mol. The van der Waals surface area contributed by atoms with Crippen molar-refractivity contribution in [2.75, 3.05) is 13.1 Å². The highest BCUT2D eigenvalue weighted by Crippen LogP contribution is 2.32. The Morgan fingerprint density at radius 3 is 2.41 bits per heavy atom. The van der Waals surface area contributed by atoms with Crippen molar-refractivity contribution in [3.05, 3.63) is 42.0 Å². The molecule has 3 amide bonds. The summed E-state index contributed by atoms with van der Waals surface area (Å²) in [4.78, 5) is 40.9. The Bertz CT molecular complexity index is 860. The first-order valence-electron chi connectivity index (χ1n) is 11.8. The molecule has 0 saturated heterocycles. The maximum Gasteiger partial charge on any atom is 0.408 e. The summed E-state index contributed by atoms with van der Waals surface area (Å²) in [5.41, 5.74) is 0.163. The second-order valence-corrected chi connectivity index (χ2v) is 9.71. The van der Waals surface area contributed by atoms with Gasteiger partial charge in [-0.2, -0.15) is 0 Å². The van der Waals surface area contributed by atoms with Gasteiger partial charge in [0.2, 0.25) is 11.8 Å². The van der Waals surface area contributed by atoms with Gasteiger partial charge in [0.05, 0.1) is 0 Å². The molecule has 0 aliphatic heterocycles. The van der Waals surface area contributed by atoms with Gasteiger partial charge in [0.1, 0.15) is 23.4 Å². The molecule has 190 valence electrons. The number of carbonyl (C=O) groups is 3. The number of benzene rings is 1. The lowest BCUT2D eigenvalue weighted by Gasteiger charge is -2.35. The SMILES string of the molecule is C=CCN(C(=O)C(NC(=O)OC(C)(C)C)C(C)C)C(C(=O)NCCCC)c1cccc(C)c1O. The molecule has 34 heavy (non-hydrogen) atoms. The molecule has 0 heterocycles. The molecule has 0 aliphatic carbocycles. The third-order valence-corrected chi connectivity index (χ3v) is 5.17. The van der Waals surface area contributed by atoms with Crippen LogP contribution >= 0.6 is 0 Å². The molecule has 2 atom stereocenters. The molecule has 8 nitrogen and oxygen atoms in total. The smallest absolute Gasteiger partial charge is 0.408 e. The zero-order chi connectivity index (χ0) is 26.1. The van der Waals surface area contributed by atoms with E-state index in [0.29, 0.717) is 17.7 Å². The Morgan fingerprint density at radius 1 is 1.24 bits per heavy atom. The number of nitrogens with zero attached hydrogens (tertiary/aromatic N) is 1. The van der Waals surface area contributed by atoms with Gasteiger partial charge in [-0.25, -0.2) is 4.79 Å². The number of phenolic OH excluding ortho intramolecular Hbond substituents is 1. The standard InChI is InChI=1S/C26H41N3O5/c1-9-11-15-27-23(31)21(19-14-12-13-18(5)22(19)30)29(16-10-2)24(32)20(17(3)4)28-25(33)34-26(6,7)8/h10,12-14,17,20-21,30H,2,9,11,15-16H2,1,3-8H3,(H,27,31)(H,28,33). The average Bonchev–Trinajstić information content (AvgIpc) is 2.72. The molecule has 0 spiro atoms. The number of aryl methyl sites for hydroxylation is 1. The Labute approximate surface area is 203 Å². The lowest BCUT2D eigenvalue weighted by atomic mass is 9.97. The van der Waals surface area contributed by atoms with Crippen molar-refractivity contribution in [3.63, 3.8) is 0 Å². The van der Waals surface area contributed by atoms with Gasteiger partial charge in [0.15, 0.2) is 0 Å². The summed E-state index contributed by atoms with van der Waals surface area (Å²) in [5.74, 6) is -1.23. The Kier molecular flexibility index (Phi) is 11.1. The zero-order valence-electron chi connectivity index (χ0n) is 21.6. The molecular weight excluding hydrogens is 434 g/mol. The van der Waals surface area contributed by atoms with Crippen LogP contribution in [0.5, 0.6) is 5.75 Å². The van der Waals surface area contributed by atoms with E-state index in [1.54, 1.807) is 59.7 Å². The molecule has 0 saturated carbocycles. The molecule has 1 aromatic carbocycles. The van der Waals surface area contributed by atoms with Crippen LogP contribution in [0.3, 0.4) is 0 Å². The third-order valence-electron chi connectivity index (χ3n) is 5.17.